The molecule has 0 bridgehead atoms. The molecule has 6 nitrogen and oxygen atoms in total. The van der Waals surface area contributed by atoms with Gasteiger partial charge >= 0.3 is 0 Å². The number of rotatable bonds is 3. The van der Waals surface area contributed by atoms with Crippen LogP contribution >= 0.6 is 0 Å². The van der Waals surface area contributed by atoms with Gasteiger partial charge < -0.3 is 10.6 Å². The Morgan fingerprint density at radius 1 is 1.44 bits per heavy atom. The summed E-state index contributed by atoms with van der Waals surface area (Å²) in [5.41, 5.74) is 2.20. The Balaban J connectivity index is 2.22. The molecule has 94 valence electrons. The second-order valence-corrected chi connectivity index (χ2v) is 3.92. The van der Waals surface area contributed by atoms with E-state index in [0.29, 0.717) is 17.1 Å². The van der Waals surface area contributed by atoms with Gasteiger partial charge in [-0.3, -0.25) is 14.5 Å². The smallest absolute Gasteiger partial charge is 0.259 e. The Morgan fingerprint density at radius 3 is 2.83 bits per heavy atom. The van der Waals surface area contributed by atoms with Crippen LogP contribution in [-0.4, -0.2) is 27.7 Å². The summed E-state index contributed by atoms with van der Waals surface area (Å²) in [6, 6.07) is 3.48. The van der Waals surface area contributed by atoms with Gasteiger partial charge in [-0.05, 0) is 13.0 Å². The molecule has 0 atom stereocenters. The van der Waals surface area contributed by atoms with Crippen LogP contribution in [0.4, 0.5) is 11.5 Å². The molecule has 2 aromatic heterocycles. The molecule has 2 aromatic rings. The number of nitrogens with zero attached hydrogens (tertiary/aromatic N) is 3. The SMILES string of the molecule is CNc1cnccc1C(=O)Nc1cc(C)n(C)n1. The van der Waals surface area contributed by atoms with Crippen molar-refractivity contribution in [2.45, 2.75) is 6.92 Å². The number of pyridine rings is 1. The summed E-state index contributed by atoms with van der Waals surface area (Å²) in [4.78, 5) is 16.0. The molecule has 6 heteroatoms. The van der Waals surface area contributed by atoms with E-state index < -0.39 is 0 Å². The molecule has 0 radical (unpaired) electrons. The first-order valence-electron chi connectivity index (χ1n) is 5.55. The highest BCUT2D eigenvalue weighted by Crippen LogP contribution is 2.15. The molecule has 2 N–H and O–H groups in total. The van der Waals surface area contributed by atoms with Crippen LogP contribution in [0.3, 0.4) is 0 Å². The maximum Gasteiger partial charge on any atom is 0.259 e. The van der Waals surface area contributed by atoms with Crippen molar-refractivity contribution in [2.24, 2.45) is 7.05 Å². The molecule has 2 rings (SSSR count). The van der Waals surface area contributed by atoms with Crippen LogP contribution in [-0.2, 0) is 7.05 Å². The number of anilines is 2. The third-order valence-corrected chi connectivity index (χ3v) is 2.69. The molecule has 0 saturated carbocycles. The lowest BCUT2D eigenvalue weighted by atomic mass is 10.2. The largest absolute Gasteiger partial charge is 0.386 e. The molecule has 0 aliphatic carbocycles. The van der Waals surface area contributed by atoms with Crippen molar-refractivity contribution in [3.05, 3.63) is 35.8 Å². The zero-order valence-electron chi connectivity index (χ0n) is 10.6. The van der Waals surface area contributed by atoms with Gasteiger partial charge in [-0.25, -0.2) is 0 Å². The molecule has 0 fully saturated rings. The number of hydrogen-bond donors (Lipinski definition) is 2. The minimum atomic E-state index is -0.208. The lowest BCUT2D eigenvalue weighted by molar-refractivity contribution is 0.102. The average molecular weight is 245 g/mol. The van der Waals surface area contributed by atoms with E-state index in [4.69, 9.17) is 0 Å². The number of nitrogens with one attached hydrogen (secondary N) is 2. The number of carbonyl (C=O) groups excluding carboxylic acids is 1. The highest BCUT2D eigenvalue weighted by molar-refractivity contribution is 6.07. The molecule has 0 spiro atoms. The zero-order valence-corrected chi connectivity index (χ0v) is 10.6. The highest BCUT2D eigenvalue weighted by atomic mass is 16.1. The minimum Gasteiger partial charge on any atom is -0.386 e. The van der Waals surface area contributed by atoms with Crippen molar-refractivity contribution in [1.82, 2.24) is 14.8 Å². The van der Waals surface area contributed by atoms with Gasteiger partial charge in [0, 0.05) is 32.1 Å². The van der Waals surface area contributed by atoms with Crippen molar-refractivity contribution in [3.8, 4) is 0 Å². The average Bonchev–Trinajstić information content (AvgIpc) is 2.68. The molecule has 0 aliphatic rings. The summed E-state index contributed by atoms with van der Waals surface area (Å²) in [5, 5.41) is 9.87. The van der Waals surface area contributed by atoms with Crippen LogP contribution < -0.4 is 10.6 Å². The van der Waals surface area contributed by atoms with Crippen molar-refractivity contribution >= 4 is 17.4 Å². The number of hydrogen-bond acceptors (Lipinski definition) is 4. The zero-order chi connectivity index (χ0) is 13.1. The highest BCUT2D eigenvalue weighted by Gasteiger charge is 2.12. The fourth-order valence-electron chi connectivity index (χ4n) is 1.60. The summed E-state index contributed by atoms with van der Waals surface area (Å²) in [7, 11) is 3.58. The summed E-state index contributed by atoms with van der Waals surface area (Å²) in [5.74, 6) is 0.332. The molecule has 2 heterocycles. The van der Waals surface area contributed by atoms with Gasteiger partial charge in [-0.15, -0.1) is 0 Å². The van der Waals surface area contributed by atoms with E-state index in [0.717, 1.165) is 5.69 Å². The normalized spacial score (nSPS) is 10.2. The standard InChI is InChI=1S/C12H15N5O/c1-8-6-11(16-17(8)3)15-12(18)9-4-5-14-7-10(9)13-2/h4-7,13H,1-3H3,(H,15,16,18). The summed E-state index contributed by atoms with van der Waals surface area (Å²) in [6.45, 7) is 1.92. The predicted octanol–water partition coefficient (Wildman–Crippen LogP) is 1.42. The first-order valence-corrected chi connectivity index (χ1v) is 5.55. The van der Waals surface area contributed by atoms with Gasteiger partial charge in [0.2, 0.25) is 0 Å². The Morgan fingerprint density at radius 2 is 2.22 bits per heavy atom. The van der Waals surface area contributed by atoms with Gasteiger partial charge in [0.25, 0.3) is 5.91 Å². The lowest BCUT2D eigenvalue weighted by Crippen LogP contribution is -2.14. The first kappa shape index (κ1) is 12.1. The van der Waals surface area contributed by atoms with Gasteiger partial charge in [-0.2, -0.15) is 5.10 Å². The molecule has 0 saturated heterocycles. The van der Waals surface area contributed by atoms with Crippen molar-refractivity contribution in [1.29, 1.82) is 0 Å². The Bertz CT molecular complexity index is 556. The summed E-state index contributed by atoms with van der Waals surface area (Å²) in [6.07, 6.45) is 3.19. The van der Waals surface area contributed by atoms with E-state index in [2.05, 4.69) is 20.7 Å². The van der Waals surface area contributed by atoms with E-state index in [1.807, 2.05) is 20.0 Å². The third-order valence-electron chi connectivity index (χ3n) is 2.69. The van der Waals surface area contributed by atoms with E-state index in [1.165, 1.54) is 0 Å². The molecule has 1 amide bonds. The molecule has 18 heavy (non-hydrogen) atoms. The first-order chi connectivity index (χ1) is 8.61. The number of carbonyl (C=O) groups is 1. The fraction of sp³-hybridized carbons (Fsp3) is 0.250. The predicted molar refractivity (Wildman–Crippen MR) is 69.7 cm³/mol. The second kappa shape index (κ2) is 4.87. The van der Waals surface area contributed by atoms with Crippen LogP contribution in [0.5, 0.6) is 0 Å². The molecular weight excluding hydrogens is 230 g/mol. The van der Waals surface area contributed by atoms with E-state index in [9.17, 15) is 4.79 Å². The molecule has 0 aromatic carbocycles. The van der Waals surface area contributed by atoms with Crippen molar-refractivity contribution < 1.29 is 4.79 Å². The maximum atomic E-state index is 12.1. The van der Waals surface area contributed by atoms with E-state index in [1.54, 1.807) is 30.2 Å². The van der Waals surface area contributed by atoms with Crippen molar-refractivity contribution in [3.63, 3.8) is 0 Å². The second-order valence-electron chi connectivity index (χ2n) is 3.92. The Kier molecular flexibility index (Phi) is 3.27. The number of aromatic nitrogens is 3. The van der Waals surface area contributed by atoms with Crippen LogP contribution in [0.1, 0.15) is 16.1 Å². The summed E-state index contributed by atoms with van der Waals surface area (Å²) < 4.78 is 1.71. The monoisotopic (exact) mass is 245 g/mol. The summed E-state index contributed by atoms with van der Waals surface area (Å²) >= 11 is 0. The van der Waals surface area contributed by atoms with Crippen LogP contribution in [0.2, 0.25) is 0 Å². The van der Waals surface area contributed by atoms with Crippen molar-refractivity contribution in [2.75, 3.05) is 17.7 Å². The Hall–Kier alpha value is -2.37. The van der Waals surface area contributed by atoms with Crippen LogP contribution in [0.15, 0.2) is 24.5 Å². The van der Waals surface area contributed by atoms with Crippen LogP contribution in [0.25, 0.3) is 0 Å². The molecule has 0 aliphatic heterocycles. The lowest BCUT2D eigenvalue weighted by Gasteiger charge is -2.07. The van der Waals surface area contributed by atoms with Gasteiger partial charge in [0.1, 0.15) is 0 Å². The van der Waals surface area contributed by atoms with Gasteiger partial charge in [-0.1, -0.05) is 0 Å². The molecule has 0 unspecified atom stereocenters. The maximum absolute atomic E-state index is 12.1. The molecular formula is C12H15N5O. The van der Waals surface area contributed by atoms with Gasteiger partial charge in [0.05, 0.1) is 17.4 Å². The topological polar surface area (TPSA) is 71.8 Å². The number of amides is 1. The fourth-order valence-corrected chi connectivity index (χ4v) is 1.60. The Labute approximate surface area is 105 Å². The minimum absolute atomic E-state index is 0.208. The quantitative estimate of drug-likeness (QED) is 0.857. The number of aryl methyl sites for hydroxylation is 2. The van der Waals surface area contributed by atoms with E-state index >= 15 is 0 Å². The van der Waals surface area contributed by atoms with Gasteiger partial charge in [0.15, 0.2) is 5.82 Å². The van der Waals surface area contributed by atoms with Crippen LogP contribution in [0, 0.1) is 6.92 Å². The third kappa shape index (κ3) is 2.32. The van der Waals surface area contributed by atoms with E-state index in [-0.39, 0.29) is 5.91 Å².